The molecule has 0 nitrogen and oxygen atoms in total. The van der Waals surface area contributed by atoms with Crippen molar-refractivity contribution < 1.29 is 0 Å². The van der Waals surface area contributed by atoms with E-state index in [9.17, 15) is 0 Å². The summed E-state index contributed by atoms with van der Waals surface area (Å²) in [6.07, 6.45) is 1.25. The molecule has 4 rings (SSSR count). The summed E-state index contributed by atoms with van der Waals surface area (Å²) in [4.78, 5) is 1.58. The van der Waals surface area contributed by atoms with Gasteiger partial charge >= 0.3 is 0 Å². The number of hydrogen-bond donors (Lipinski definition) is 0. The van der Waals surface area contributed by atoms with E-state index in [0.717, 1.165) is 0 Å². The molecule has 0 aromatic heterocycles. The zero-order chi connectivity index (χ0) is 16.4. The molecule has 2 atom stereocenters. The zero-order valence-corrected chi connectivity index (χ0v) is 15.0. The number of benzene rings is 3. The lowest BCUT2D eigenvalue weighted by Gasteiger charge is -2.25. The van der Waals surface area contributed by atoms with Gasteiger partial charge in [-0.25, -0.2) is 0 Å². The third kappa shape index (κ3) is 2.48. The van der Waals surface area contributed by atoms with E-state index in [1.165, 1.54) is 23.3 Å². The maximum Gasteiger partial charge on any atom is 0.0332 e. The molecule has 2 unspecified atom stereocenters. The molecule has 0 saturated carbocycles. The van der Waals surface area contributed by atoms with Crippen molar-refractivity contribution in [3.63, 3.8) is 0 Å². The van der Waals surface area contributed by atoms with Crippen LogP contribution >= 0.6 is 10.0 Å². The van der Waals surface area contributed by atoms with E-state index in [1.807, 2.05) is 0 Å². The Bertz CT molecular complexity index is 735. The Morgan fingerprint density at radius 3 is 1.46 bits per heavy atom. The Morgan fingerprint density at radius 2 is 1.04 bits per heavy atom. The molecule has 1 saturated heterocycles. The Morgan fingerprint density at radius 1 is 0.625 bits per heavy atom. The summed E-state index contributed by atoms with van der Waals surface area (Å²) in [6, 6.07) is 33.6. The molecule has 0 bridgehead atoms. The molecule has 0 amide bonds. The summed E-state index contributed by atoms with van der Waals surface area (Å²) in [6.45, 7) is 2.33. The van der Waals surface area contributed by atoms with Crippen LogP contribution in [0, 0.1) is 0 Å². The van der Waals surface area contributed by atoms with Crippen LogP contribution in [-0.4, -0.2) is 5.75 Å². The van der Waals surface area contributed by atoms with E-state index in [0.29, 0.717) is 10.5 Å². The second kappa shape index (κ2) is 6.49. The zero-order valence-electron chi connectivity index (χ0n) is 14.1. The van der Waals surface area contributed by atoms with Crippen LogP contribution in [0.25, 0.3) is 0 Å². The Kier molecular flexibility index (Phi) is 4.20. The third-order valence-corrected chi connectivity index (χ3v) is 9.91. The molecule has 24 heavy (non-hydrogen) atoms. The molecular weight excluding hydrogens is 308 g/mol. The second-order valence-electron chi connectivity index (χ2n) is 6.53. The lowest BCUT2D eigenvalue weighted by molar-refractivity contribution is 1.03. The van der Waals surface area contributed by atoms with Gasteiger partial charge in [0.25, 0.3) is 0 Å². The Hall–Kier alpha value is -1.99. The van der Waals surface area contributed by atoms with Gasteiger partial charge in [-0.3, -0.25) is 0 Å². The van der Waals surface area contributed by atoms with Crippen molar-refractivity contribution in [2.24, 2.45) is 0 Å². The molecule has 0 spiro atoms. The smallest absolute Gasteiger partial charge is 0.0332 e. The van der Waals surface area contributed by atoms with Gasteiger partial charge in [-0.2, -0.15) is 10.0 Å². The molecule has 0 N–H and O–H groups in total. The first-order chi connectivity index (χ1) is 11.9. The van der Waals surface area contributed by atoms with Crippen molar-refractivity contribution in [3.8, 4) is 0 Å². The molecule has 0 aliphatic carbocycles. The highest BCUT2D eigenvalue weighted by Crippen LogP contribution is 2.94. The second-order valence-corrected chi connectivity index (χ2v) is 10.1. The van der Waals surface area contributed by atoms with Crippen LogP contribution in [0.4, 0.5) is 0 Å². The molecule has 1 heterocycles. The van der Waals surface area contributed by atoms with E-state index >= 15 is 0 Å². The third-order valence-electron chi connectivity index (χ3n) is 5.08. The van der Waals surface area contributed by atoms with Gasteiger partial charge in [0.2, 0.25) is 0 Å². The summed E-state index contributed by atoms with van der Waals surface area (Å²) in [7, 11) is -0.848. The van der Waals surface area contributed by atoms with E-state index in [1.54, 1.807) is 4.90 Å². The first-order valence-corrected chi connectivity index (χ1v) is 10.7. The minimum absolute atomic E-state index is 0.656. The van der Waals surface area contributed by atoms with Gasteiger partial charge in [0.05, 0.1) is 0 Å². The first kappa shape index (κ1) is 15.5. The van der Waals surface area contributed by atoms with Crippen molar-refractivity contribution in [2.75, 3.05) is 5.75 Å². The standard InChI is InChI=1S/C23H24S/c1-2-18-24(21-16-10-5-11-17-21)22(19-12-6-3-7-13-19)23(24)20-14-8-4-9-15-20/h3-17,22-23H,2,18H2,1H3. The van der Waals surface area contributed by atoms with Crippen molar-refractivity contribution in [1.29, 1.82) is 0 Å². The lowest BCUT2D eigenvalue weighted by Crippen LogP contribution is -1.93. The van der Waals surface area contributed by atoms with Crippen molar-refractivity contribution in [2.45, 2.75) is 28.7 Å². The average molecular weight is 333 g/mol. The first-order valence-electron chi connectivity index (χ1n) is 8.81. The summed E-state index contributed by atoms with van der Waals surface area (Å²) in [5.74, 6) is 1.32. The molecule has 0 radical (unpaired) electrons. The minimum Gasteiger partial charge on any atom is -0.198 e. The summed E-state index contributed by atoms with van der Waals surface area (Å²) < 4.78 is 0. The van der Waals surface area contributed by atoms with Crippen LogP contribution in [0.5, 0.6) is 0 Å². The van der Waals surface area contributed by atoms with E-state index in [-0.39, 0.29) is 0 Å². The van der Waals surface area contributed by atoms with Gasteiger partial charge in [-0.15, -0.1) is 0 Å². The van der Waals surface area contributed by atoms with Crippen LogP contribution in [0.3, 0.4) is 0 Å². The minimum atomic E-state index is -0.848. The maximum absolute atomic E-state index is 2.36. The van der Waals surface area contributed by atoms with Crippen LogP contribution in [0.15, 0.2) is 95.9 Å². The molecule has 3 aromatic carbocycles. The van der Waals surface area contributed by atoms with Gasteiger partial charge in [-0.1, -0.05) is 97.9 Å². The summed E-state index contributed by atoms with van der Waals surface area (Å²) in [5.41, 5.74) is 3.03. The molecule has 1 heteroatoms. The maximum atomic E-state index is 2.36. The van der Waals surface area contributed by atoms with Gasteiger partial charge in [0.15, 0.2) is 0 Å². The average Bonchev–Trinajstić information content (AvgIpc) is 3.34. The van der Waals surface area contributed by atoms with Gasteiger partial charge in [-0.05, 0) is 28.2 Å². The van der Waals surface area contributed by atoms with Crippen LogP contribution in [-0.2, 0) is 0 Å². The molecule has 3 aromatic rings. The van der Waals surface area contributed by atoms with E-state index in [2.05, 4.69) is 97.9 Å². The van der Waals surface area contributed by atoms with Crippen LogP contribution < -0.4 is 0 Å². The molecule has 1 aliphatic rings. The molecule has 1 fully saturated rings. The fourth-order valence-electron chi connectivity index (χ4n) is 4.14. The van der Waals surface area contributed by atoms with Crippen molar-refractivity contribution in [1.82, 2.24) is 0 Å². The normalized spacial score (nSPS) is 28.0. The summed E-state index contributed by atoms with van der Waals surface area (Å²) >= 11 is 0. The SMILES string of the molecule is CCCS1(c2ccccc2)C(c2ccccc2)C1c1ccccc1. The predicted octanol–water partition coefficient (Wildman–Crippen LogP) is 6.76. The highest BCUT2D eigenvalue weighted by Gasteiger charge is 2.61. The largest absolute Gasteiger partial charge is 0.198 e. The molecule has 122 valence electrons. The van der Waals surface area contributed by atoms with Gasteiger partial charge < -0.3 is 0 Å². The van der Waals surface area contributed by atoms with Crippen molar-refractivity contribution >= 4 is 10.0 Å². The fourth-order valence-corrected chi connectivity index (χ4v) is 9.50. The number of rotatable bonds is 5. The van der Waals surface area contributed by atoms with E-state index < -0.39 is 10.0 Å². The van der Waals surface area contributed by atoms with Crippen molar-refractivity contribution in [3.05, 3.63) is 102 Å². The lowest BCUT2D eigenvalue weighted by atomic mass is 10.0. The summed E-state index contributed by atoms with van der Waals surface area (Å²) in [5, 5.41) is 1.31. The molecule has 1 aliphatic heterocycles. The predicted molar refractivity (Wildman–Crippen MR) is 106 cm³/mol. The van der Waals surface area contributed by atoms with Gasteiger partial charge in [0, 0.05) is 10.5 Å². The Balaban J connectivity index is 1.86. The molecular formula is C23H24S. The van der Waals surface area contributed by atoms with Gasteiger partial charge in [0.1, 0.15) is 0 Å². The highest BCUT2D eigenvalue weighted by atomic mass is 32.3. The number of hydrogen-bond acceptors (Lipinski definition) is 0. The Labute approximate surface area is 146 Å². The highest BCUT2D eigenvalue weighted by molar-refractivity contribution is 8.39. The monoisotopic (exact) mass is 332 g/mol. The topological polar surface area (TPSA) is 0 Å². The quantitative estimate of drug-likeness (QED) is 0.453. The van der Waals surface area contributed by atoms with Crippen LogP contribution in [0.2, 0.25) is 0 Å². The fraction of sp³-hybridized carbons (Fsp3) is 0.217. The van der Waals surface area contributed by atoms with E-state index in [4.69, 9.17) is 0 Å². The van der Waals surface area contributed by atoms with Crippen LogP contribution in [0.1, 0.15) is 35.0 Å².